The van der Waals surface area contributed by atoms with Crippen molar-refractivity contribution in [2.45, 2.75) is 88.5 Å². The molecule has 8 nitrogen and oxygen atoms in total. The molecule has 1 fully saturated rings. The summed E-state index contributed by atoms with van der Waals surface area (Å²) >= 11 is 6.15. The van der Waals surface area contributed by atoms with E-state index in [1.807, 2.05) is 26.0 Å². The molecule has 0 amide bonds. The number of rotatable bonds is 7. The van der Waals surface area contributed by atoms with Gasteiger partial charge in [0.2, 0.25) is 0 Å². The number of carbonyl (C=O) groups is 2. The van der Waals surface area contributed by atoms with Gasteiger partial charge in [-0.3, -0.25) is 9.59 Å². The molecule has 1 spiro atoms. The number of carboxylic acids is 2. The van der Waals surface area contributed by atoms with Crippen molar-refractivity contribution in [3.05, 3.63) is 82.8 Å². The van der Waals surface area contributed by atoms with E-state index < -0.39 is 11.9 Å². The van der Waals surface area contributed by atoms with E-state index in [9.17, 15) is 19.8 Å². The molecule has 0 radical (unpaired) electrons. The van der Waals surface area contributed by atoms with E-state index in [1.54, 1.807) is 0 Å². The Morgan fingerprint density at radius 2 is 1.47 bits per heavy atom. The van der Waals surface area contributed by atoms with E-state index in [4.69, 9.17) is 32.9 Å². The zero-order chi connectivity index (χ0) is 31.7. The van der Waals surface area contributed by atoms with Crippen LogP contribution in [0.5, 0.6) is 0 Å². The van der Waals surface area contributed by atoms with Crippen LogP contribution in [0.3, 0.4) is 0 Å². The fourth-order valence-corrected chi connectivity index (χ4v) is 8.74. The van der Waals surface area contributed by atoms with Gasteiger partial charge in [0.25, 0.3) is 0 Å². The second-order valence-electron chi connectivity index (χ2n) is 12.2. The molecule has 6 rings (SSSR count). The molecule has 3 aliphatic heterocycles. The molecule has 45 heavy (non-hydrogen) atoms. The van der Waals surface area contributed by atoms with E-state index in [1.165, 1.54) is 17.3 Å². The number of aliphatic carboxylic acids is 2. The first-order valence-electron chi connectivity index (χ1n) is 15.0. The van der Waals surface area contributed by atoms with Gasteiger partial charge in [-0.25, -0.2) is 0 Å². The fourth-order valence-electron chi connectivity index (χ4n) is 6.91. The van der Waals surface area contributed by atoms with Gasteiger partial charge in [-0.1, -0.05) is 46.0 Å². The Morgan fingerprint density at radius 3 is 2.07 bits per heavy atom. The molecular weight excluding hydrogens is 648 g/mol. The molecule has 0 aliphatic carbocycles. The number of hydrogen-bond acceptors (Lipinski definition) is 3. The van der Waals surface area contributed by atoms with Crippen molar-refractivity contribution in [2.24, 2.45) is 0 Å². The zero-order valence-corrected chi connectivity index (χ0v) is 29.0. The van der Waals surface area contributed by atoms with Crippen molar-refractivity contribution < 1.29 is 36.9 Å². The van der Waals surface area contributed by atoms with E-state index in [2.05, 4.69) is 39.8 Å². The van der Waals surface area contributed by atoms with Crippen LogP contribution in [-0.2, 0) is 51.3 Å². The van der Waals surface area contributed by atoms with E-state index in [-0.39, 0.29) is 45.9 Å². The average molecular weight is 686 g/mol. The van der Waals surface area contributed by atoms with Gasteiger partial charge in [0.1, 0.15) is 0 Å². The predicted molar refractivity (Wildman–Crippen MR) is 178 cm³/mol. The normalized spacial score (nSPS) is 25.0. The Morgan fingerprint density at radius 1 is 0.867 bits per heavy atom. The third-order valence-corrected chi connectivity index (χ3v) is 11.7. The first-order chi connectivity index (χ1) is 20.8. The molecule has 1 saturated heterocycles. The average Bonchev–Trinajstić information content (AvgIpc) is 3.08. The Hall–Kier alpha value is -2.98. The smallest absolute Gasteiger partial charge is 0.674 e. The first-order valence-corrected chi connectivity index (χ1v) is 16.4. The number of thiol groups is 2. The van der Waals surface area contributed by atoms with Crippen molar-refractivity contribution in [2.75, 3.05) is 0 Å². The van der Waals surface area contributed by atoms with E-state index >= 15 is 0 Å². The minimum atomic E-state index is -0.881. The monoisotopic (exact) mass is 685 g/mol. The molecule has 0 aromatic carbocycles. The molecule has 4 atom stereocenters. The van der Waals surface area contributed by atoms with Gasteiger partial charge in [0, 0.05) is 18.1 Å². The van der Waals surface area contributed by atoms with Gasteiger partial charge < -0.3 is 30.5 Å². The Kier molecular flexibility index (Phi) is 9.14. The Labute approximate surface area is 282 Å². The van der Waals surface area contributed by atoms with Crippen molar-refractivity contribution in [3.8, 4) is 0 Å². The molecular formula is C34H37FeN4O4S2+. The summed E-state index contributed by atoms with van der Waals surface area (Å²) in [5, 5.41) is 27.8. The maximum Gasteiger partial charge on any atom is 4.00 e. The van der Waals surface area contributed by atoms with Crippen LogP contribution in [0.25, 0.3) is 29.6 Å². The summed E-state index contributed by atoms with van der Waals surface area (Å²) in [5.74, 6) is -1.75. The van der Waals surface area contributed by atoms with Gasteiger partial charge in [-0.2, -0.15) is 12.6 Å². The predicted octanol–water partition coefficient (Wildman–Crippen LogP) is 1.72. The third kappa shape index (κ3) is 5.77. The maximum absolute atomic E-state index is 11.6. The number of hydrogen-bond donors (Lipinski definition) is 3. The molecule has 6 heterocycles. The van der Waals surface area contributed by atoms with Gasteiger partial charge in [-0.15, -0.1) is 44.6 Å². The van der Waals surface area contributed by atoms with Crippen LogP contribution in [0.4, 0.5) is 0 Å². The number of nitrogens with zero attached hydrogens (tertiary/aromatic N) is 4. The van der Waals surface area contributed by atoms with Crippen LogP contribution in [0.1, 0.15) is 83.6 Å². The van der Waals surface area contributed by atoms with Crippen molar-refractivity contribution in [1.29, 1.82) is 0 Å². The molecule has 0 saturated carbocycles. The summed E-state index contributed by atoms with van der Waals surface area (Å²) in [6.07, 6.45) is 8.72. The standard InChI is InChI=1S/C34H36N4O4S2.Fe/c1-15-21(7-9-31(39)40)27-13-28-22(8-10-32(41)42)16(2)25(36-28)14-30-34(20(6)44-34)18(4)26(38-30)12-29-33(19(5)43)17(3)24(37-29)11-23(15)35-27;/h11-14,19-20,30,43H,7-10H2,1-6H3,(H,39,40)(H,41,42);/q-4;+4/p+1/b24-11-,25-14-,28-13-,29-12-;/t19-,20+,30?,34+;/m0./s1. The second-order valence-corrected chi connectivity index (χ2v) is 14.7. The summed E-state index contributed by atoms with van der Waals surface area (Å²) in [6, 6.07) is -0.108. The molecule has 2 N–H and O–H groups in total. The number of carboxylic acid groups (broad SMARTS) is 2. The molecule has 236 valence electrons. The van der Waals surface area contributed by atoms with Crippen LogP contribution < -0.4 is 36.3 Å². The van der Waals surface area contributed by atoms with E-state index in [0.29, 0.717) is 29.1 Å². The Bertz CT molecular complexity index is 2000. The molecule has 1 unspecified atom stereocenters. The summed E-state index contributed by atoms with van der Waals surface area (Å²) in [6.45, 7) is 12.5. The summed E-state index contributed by atoms with van der Waals surface area (Å²) in [7, 11) is 0. The summed E-state index contributed by atoms with van der Waals surface area (Å²) in [4.78, 5) is 38.3. The molecule has 8 bridgehead atoms. The molecule has 3 aliphatic rings. The summed E-state index contributed by atoms with van der Waals surface area (Å²) in [5.41, 5.74) is 9.21. The van der Waals surface area contributed by atoms with Gasteiger partial charge >= 0.3 is 29.0 Å². The maximum atomic E-state index is 11.6. The first kappa shape index (κ1) is 33.4. The largest absolute Gasteiger partial charge is 4.00 e. The van der Waals surface area contributed by atoms with Crippen molar-refractivity contribution in [3.63, 3.8) is 0 Å². The second kappa shape index (κ2) is 12.3. The van der Waals surface area contributed by atoms with Gasteiger partial charge in [0.15, 0.2) is 10.00 Å². The topological polar surface area (TPSA) is 131 Å². The summed E-state index contributed by atoms with van der Waals surface area (Å²) < 4.78 is -0.0948. The van der Waals surface area contributed by atoms with Crippen molar-refractivity contribution in [1.82, 2.24) is 15.0 Å². The minimum Gasteiger partial charge on any atom is -0.674 e. The SMILES string of the molecule is CC1=C2/C=c3\[n-]/c(c(C)c3[C@H](C)S)=C\c3[n-]c(c(CCC(=O)O)c3C)/C=c3\[n-]/c(c(C)c3CCC(=O)O)=C\C([N-]2)[C@@]12[SH+][C@@H]2C.[Fe+4]. The fraction of sp³-hybridized carbons (Fsp3) is 0.412. The van der Waals surface area contributed by atoms with Crippen LogP contribution in [0, 0.1) is 20.8 Å². The Balaban J connectivity index is 0.00000400. The zero-order valence-electron chi connectivity index (χ0n) is 26.1. The van der Waals surface area contributed by atoms with Crippen LogP contribution in [0.15, 0.2) is 11.3 Å². The molecule has 11 heteroatoms. The van der Waals surface area contributed by atoms with Crippen LogP contribution in [0.2, 0.25) is 0 Å². The number of allylic oxidation sites excluding steroid dienone is 1. The van der Waals surface area contributed by atoms with Crippen molar-refractivity contribution >= 4 is 60.6 Å². The van der Waals surface area contributed by atoms with E-state index in [0.717, 1.165) is 60.8 Å². The quantitative estimate of drug-likeness (QED) is 0.150. The van der Waals surface area contributed by atoms with Gasteiger partial charge in [0.05, 0.1) is 0 Å². The third-order valence-electron chi connectivity index (χ3n) is 9.50. The van der Waals surface area contributed by atoms with Gasteiger partial charge in [-0.05, 0) is 83.3 Å². The molecule has 3 aromatic heterocycles. The molecule has 3 aromatic rings. The number of fused-ring (bicyclic) bond motifs is 9. The van der Waals surface area contributed by atoms with Crippen LogP contribution >= 0.6 is 12.6 Å². The van der Waals surface area contributed by atoms with Crippen LogP contribution in [-0.4, -0.2) is 38.2 Å². The number of aromatic nitrogens is 3. The minimum absolute atomic E-state index is 0.